The van der Waals surface area contributed by atoms with Gasteiger partial charge in [-0.3, -0.25) is 4.79 Å². The second-order valence-corrected chi connectivity index (χ2v) is 5.97. The van der Waals surface area contributed by atoms with Crippen LogP contribution < -0.4 is 15.4 Å². The van der Waals surface area contributed by atoms with Crippen LogP contribution in [-0.4, -0.2) is 50.1 Å². The van der Waals surface area contributed by atoms with E-state index in [1.165, 1.54) is 0 Å². The molecular formula is C19H30N4O2. The fraction of sp³-hybridized carbons (Fsp3) is 0.474. The molecule has 0 aliphatic heterocycles. The van der Waals surface area contributed by atoms with Gasteiger partial charge in [-0.05, 0) is 19.4 Å². The molecule has 1 aromatic carbocycles. The highest BCUT2D eigenvalue weighted by molar-refractivity contribution is 5.86. The van der Waals surface area contributed by atoms with Gasteiger partial charge in [0.1, 0.15) is 12.4 Å². The number of nitrogens with one attached hydrogen (secondary N) is 2. The lowest BCUT2D eigenvalue weighted by Crippen LogP contribution is -2.45. The summed E-state index contributed by atoms with van der Waals surface area (Å²) in [5, 5.41) is 6.39. The molecule has 6 nitrogen and oxygen atoms in total. The summed E-state index contributed by atoms with van der Waals surface area (Å²) in [5.41, 5.74) is 0.980. The SMILES string of the molecule is C=CCOc1ccccc1CN=C(NCC(=O)N(C)C)NC(C)CC. The van der Waals surface area contributed by atoms with Gasteiger partial charge in [0.2, 0.25) is 5.91 Å². The fourth-order valence-electron chi connectivity index (χ4n) is 1.89. The highest BCUT2D eigenvalue weighted by Gasteiger charge is 2.09. The summed E-state index contributed by atoms with van der Waals surface area (Å²) >= 11 is 0. The first kappa shape index (κ1) is 20.5. The average Bonchev–Trinajstić information content (AvgIpc) is 2.62. The summed E-state index contributed by atoms with van der Waals surface area (Å²) < 4.78 is 5.66. The topological polar surface area (TPSA) is 66.0 Å². The number of ether oxygens (including phenoxy) is 1. The molecule has 0 aliphatic carbocycles. The number of amides is 1. The zero-order valence-corrected chi connectivity index (χ0v) is 15.7. The first-order valence-corrected chi connectivity index (χ1v) is 8.54. The second-order valence-electron chi connectivity index (χ2n) is 5.97. The number of nitrogens with zero attached hydrogens (tertiary/aromatic N) is 2. The lowest BCUT2D eigenvalue weighted by Gasteiger charge is -2.18. The molecule has 25 heavy (non-hydrogen) atoms. The van der Waals surface area contributed by atoms with Crippen molar-refractivity contribution in [3.63, 3.8) is 0 Å². The van der Waals surface area contributed by atoms with Crippen molar-refractivity contribution in [3.05, 3.63) is 42.5 Å². The number of likely N-dealkylation sites (N-methyl/N-ethyl adjacent to an activating group) is 1. The molecule has 0 saturated heterocycles. The van der Waals surface area contributed by atoms with Gasteiger partial charge in [-0.15, -0.1) is 0 Å². The standard InChI is InChI=1S/C19H30N4O2/c1-6-12-25-17-11-9-8-10-16(17)13-20-19(22-15(3)7-2)21-14-18(24)23(4)5/h6,8-11,15H,1,7,12-14H2,2-5H3,(H2,20,21,22). The van der Waals surface area contributed by atoms with Crippen LogP contribution in [0.2, 0.25) is 0 Å². The van der Waals surface area contributed by atoms with Crippen molar-refractivity contribution in [2.24, 2.45) is 4.99 Å². The van der Waals surface area contributed by atoms with E-state index in [2.05, 4.69) is 36.1 Å². The van der Waals surface area contributed by atoms with E-state index in [1.54, 1.807) is 25.1 Å². The number of rotatable bonds is 9. The molecule has 0 saturated carbocycles. The predicted molar refractivity (Wildman–Crippen MR) is 103 cm³/mol. The minimum Gasteiger partial charge on any atom is -0.489 e. The molecule has 6 heteroatoms. The number of benzene rings is 1. The molecule has 1 aromatic rings. The average molecular weight is 346 g/mol. The van der Waals surface area contributed by atoms with Crippen LogP contribution in [0.1, 0.15) is 25.8 Å². The summed E-state index contributed by atoms with van der Waals surface area (Å²) in [6, 6.07) is 8.04. The van der Waals surface area contributed by atoms with Crippen molar-refractivity contribution >= 4 is 11.9 Å². The Labute approximate surface area is 151 Å². The summed E-state index contributed by atoms with van der Waals surface area (Å²) in [6.07, 6.45) is 2.67. The molecule has 1 unspecified atom stereocenters. The first-order valence-electron chi connectivity index (χ1n) is 8.54. The lowest BCUT2D eigenvalue weighted by molar-refractivity contribution is -0.127. The molecule has 0 spiro atoms. The maximum Gasteiger partial charge on any atom is 0.241 e. The van der Waals surface area contributed by atoms with Crippen LogP contribution in [-0.2, 0) is 11.3 Å². The van der Waals surface area contributed by atoms with Gasteiger partial charge in [0.25, 0.3) is 0 Å². The third-order valence-electron chi connectivity index (χ3n) is 3.64. The third kappa shape index (κ3) is 7.74. The van der Waals surface area contributed by atoms with E-state index in [4.69, 9.17) is 4.74 Å². The molecule has 0 heterocycles. The van der Waals surface area contributed by atoms with Crippen LogP contribution in [0.3, 0.4) is 0 Å². The number of carbonyl (C=O) groups is 1. The van der Waals surface area contributed by atoms with Gasteiger partial charge in [0.15, 0.2) is 5.96 Å². The smallest absolute Gasteiger partial charge is 0.241 e. The van der Waals surface area contributed by atoms with E-state index in [-0.39, 0.29) is 18.5 Å². The van der Waals surface area contributed by atoms with Crippen molar-refractivity contribution in [3.8, 4) is 5.75 Å². The minimum atomic E-state index is -0.00614. The van der Waals surface area contributed by atoms with Gasteiger partial charge >= 0.3 is 0 Å². The molecule has 1 amide bonds. The number of aliphatic imine (C=N–C) groups is 1. The Kier molecular flexibility index (Phi) is 9.14. The Morgan fingerprint density at radius 2 is 2.12 bits per heavy atom. The molecule has 0 aliphatic rings. The van der Waals surface area contributed by atoms with Crippen molar-refractivity contribution in [1.29, 1.82) is 0 Å². The predicted octanol–water partition coefficient (Wildman–Crippen LogP) is 2.17. The molecule has 0 radical (unpaired) electrons. The van der Waals surface area contributed by atoms with Crippen molar-refractivity contribution in [2.75, 3.05) is 27.2 Å². The summed E-state index contributed by atoms with van der Waals surface area (Å²) in [7, 11) is 3.46. The van der Waals surface area contributed by atoms with E-state index >= 15 is 0 Å². The third-order valence-corrected chi connectivity index (χ3v) is 3.64. The molecule has 0 bridgehead atoms. The Morgan fingerprint density at radius 3 is 2.76 bits per heavy atom. The molecule has 1 rings (SSSR count). The zero-order chi connectivity index (χ0) is 18.7. The number of guanidine groups is 1. The largest absolute Gasteiger partial charge is 0.489 e. The Morgan fingerprint density at radius 1 is 1.40 bits per heavy atom. The molecule has 1 atom stereocenters. The summed E-state index contributed by atoms with van der Waals surface area (Å²) in [4.78, 5) is 17.9. The highest BCUT2D eigenvalue weighted by atomic mass is 16.5. The van der Waals surface area contributed by atoms with Gasteiger partial charge < -0.3 is 20.3 Å². The molecular weight excluding hydrogens is 316 g/mol. The van der Waals surface area contributed by atoms with Crippen LogP contribution in [0.15, 0.2) is 41.9 Å². The number of para-hydroxylation sites is 1. The van der Waals surface area contributed by atoms with E-state index in [9.17, 15) is 4.79 Å². The normalized spacial score (nSPS) is 12.2. The molecule has 0 aromatic heterocycles. The van der Waals surface area contributed by atoms with Gasteiger partial charge in [-0.25, -0.2) is 4.99 Å². The van der Waals surface area contributed by atoms with Gasteiger partial charge in [-0.2, -0.15) is 0 Å². The maximum atomic E-state index is 11.8. The van der Waals surface area contributed by atoms with Crippen LogP contribution in [0.4, 0.5) is 0 Å². The van der Waals surface area contributed by atoms with Crippen LogP contribution in [0, 0.1) is 0 Å². The van der Waals surface area contributed by atoms with Crippen LogP contribution >= 0.6 is 0 Å². The first-order chi connectivity index (χ1) is 12.0. The van der Waals surface area contributed by atoms with Crippen LogP contribution in [0.25, 0.3) is 0 Å². The van der Waals surface area contributed by atoms with Gasteiger partial charge in [-0.1, -0.05) is 37.8 Å². The van der Waals surface area contributed by atoms with Crippen molar-refractivity contribution < 1.29 is 9.53 Å². The molecule has 138 valence electrons. The number of carbonyl (C=O) groups excluding carboxylic acids is 1. The number of hydrogen-bond acceptors (Lipinski definition) is 3. The highest BCUT2D eigenvalue weighted by Crippen LogP contribution is 2.18. The summed E-state index contributed by atoms with van der Waals surface area (Å²) in [5.74, 6) is 1.40. The van der Waals surface area contributed by atoms with Crippen LogP contribution in [0.5, 0.6) is 5.75 Å². The fourth-order valence-corrected chi connectivity index (χ4v) is 1.89. The Bertz CT molecular complexity index is 585. The van der Waals surface area contributed by atoms with Crippen molar-refractivity contribution in [1.82, 2.24) is 15.5 Å². The number of hydrogen-bond donors (Lipinski definition) is 2. The maximum absolute atomic E-state index is 11.8. The van der Waals surface area contributed by atoms with E-state index in [1.807, 2.05) is 24.3 Å². The van der Waals surface area contributed by atoms with Crippen molar-refractivity contribution in [2.45, 2.75) is 32.9 Å². The lowest BCUT2D eigenvalue weighted by atomic mass is 10.2. The Balaban J connectivity index is 2.83. The van der Waals surface area contributed by atoms with E-state index in [0.717, 1.165) is 17.7 Å². The quantitative estimate of drug-likeness (QED) is 0.409. The summed E-state index contributed by atoms with van der Waals surface area (Å²) in [6.45, 7) is 8.94. The Hall–Kier alpha value is -2.50. The minimum absolute atomic E-state index is 0.00614. The molecule has 2 N–H and O–H groups in total. The van der Waals surface area contributed by atoms with Gasteiger partial charge in [0.05, 0.1) is 13.1 Å². The van der Waals surface area contributed by atoms with Gasteiger partial charge in [0, 0.05) is 25.7 Å². The van der Waals surface area contributed by atoms with E-state index < -0.39 is 0 Å². The second kappa shape index (κ2) is 11.1. The molecule has 0 fully saturated rings. The monoisotopic (exact) mass is 346 g/mol. The van der Waals surface area contributed by atoms with E-state index in [0.29, 0.717) is 19.1 Å². The zero-order valence-electron chi connectivity index (χ0n) is 15.7.